The number of carbonyl (C=O) groups excluding carboxylic acids is 2. The Kier molecular flexibility index (Phi) is 10.3. The van der Waals surface area contributed by atoms with Gasteiger partial charge in [0.1, 0.15) is 11.8 Å². The number of hydrogen-bond acceptors (Lipinski definition) is 3. The Bertz CT molecular complexity index is 1230. The van der Waals surface area contributed by atoms with E-state index in [1.165, 1.54) is 0 Å². The van der Waals surface area contributed by atoms with Gasteiger partial charge in [-0.1, -0.05) is 71.2 Å². The van der Waals surface area contributed by atoms with Crippen molar-refractivity contribution < 1.29 is 14.3 Å². The van der Waals surface area contributed by atoms with E-state index in [9.17, 15) is 9.59 Å². The summed E-state index contributed by atoms with van der Waals surface area (Å²) in [5, 5.41) is 4.42. The van der Waals surface area contributed by atoms with Crippen LogP contribution in [0.25, 0.3) is 0 Å². The van der Waals surface area contributed by atoms with Crippen molar-refractivity contribution in [1.29, 1.82) is 0 Å². The van der Waals surface area contributed by atoms with Gasteiger partial charge in [0.25, 0.3) is 5.91 Å². The van der Waals surface area contributed by atoms with Gasteiger partial charge in [0.2, 0.25) is 5.91 Å². The van der Waals surface area contributed by atoms with Crippen LogP contribution >= 0.6 is 34.8 Å². The third-order valence-corrected chi connectivity index (χ3v) is 7.15. The van der Waals surface area contributed by atoms with Gasteiger partial charge in [0, 0.05) is 24.0 Å². The Morgan fingerprint density at radius 3 is 2.14 bits per heavy atom. The number of halogens is 3. The average molecular weight is 562 g/mol. The molecule has 0 fully saturated rings. The van der Waals surface area contributed by atoms with Crippen molar-refractivity contribution in [3.05, 3.63) is 98.0 Å². The van der Waals surface area contributed by atoms with Crippen molar-refractivity contribution in [3.63, 3.8) is 0 Å². The van der Waals surface area contributed by atoms with Gasteiger partial charge in [-0.2, -0.15) is 0 Å². The average Bonchev–Trinajstić information content (AvgIpc) is 2.85. The zero-order chi connectivity index (χ0) is 27.1. The predicted octanol–water partition coefficient (Wildman–Crippen LogP) is 6.81. The molecule has 0 spiro atoms. The first-order chi connectivity index (χ1) is 17.5. The van der Waals surface area contributed by atoms with Crippen LogP contribution in [0.2, 0.25) is 15.1 Å². The molecular weight excluding hydrogens is 531 g/mol. The van der Waals surface area contributed by atoms with Crippen molar-refractivity contribution in [2.75, 3.05) is 6.61 Å². The molecule has 8 heteroatoms. The lowest BCUT2D eigenvalue weighted by molar-refractivity contribution is -0.143. The van der Waals surface area contributed by atoms with Crippen LogP contribution < -0.4 is 10.1 Å². The van der Waals surface area contributed by atoms with Crippen LogP contribution in [0.15, 0.2) is 60.7 Å². The van der Waals surface area contributed by atoms with Crippen LogP contribution in [0.5, 0.6) is 5.75 Å². The molecule has 0 aliphatic rings. The van der Waals surface area contributed by atoms with E-state index in [4.69, 9.17) is 39.5 Å². The highest BCUT2D eigenvalue weighted by Crippen LogP contribution is 2.27. The molecular formula is C29H31Cl3N2O3. The highest BCUT2D eigenvalue weighted by molar-refractivity contribution is 6.42. The number of hydrogen-bond donors (Lipinski definition) is 1. The first kappa shape index (κ1) is 28.8. The summed E-state index contributed by atoms with van der Waals surface area (Å²) in [7, 11) is 0. The van der Waals surface area contributed by atoms with E-state index in [2.05, 4.69) is 5.32 Å². The van der Waals surface area contributed by atoms with Crippen molar-refractivity contribution in [2.24, 2.45) is 0 Å². The smallest absolute Gasteiger partial charge is 0.261 e. The van der Waals surface area contributed by atoms with Gasteiger partial charge < -0.3 is 15.0 Å². The fourth-order valence-electron chi connectivity index (χ4n) is 3.99. The van der Waals surface area contributed by atoms with Gasteiger partial charge in [0.05, 0.1) is 10.0 Å². The normalized spacial score (nSPS) is 11.8. The number of carbonyl (C=O) groups is 2. The second-order valence-electron chi connectivity index (χ2n) is 9.30. The van der Waals surface area contributed by atoms with Gasteiger partial charge in [-0.05, 0) is 74.2 Å². The number of aryl methyl sites for hydroxylation is 2. The fourth-order valence-corrected chi connectivity index (χ4v) is 4.42. The minimum atomic E-state index is -0.774. The molecule has 0 saturated carbocycles. The summed E-state index contributed by atoms with van der Waals surface area (Å²) in [5.41, 5.74) is 3.39. The maximum absolute atomic E-state index is 13.7. The molecule has 5 nitrogen and oxygen atoms in total. The molecule has 2 amide bonds. The monoisotopic (exact) mass is 560 g/mol. The third-order valence-electron chi connectivity index (χ3n) is 5.81. The first-order valence-corrected chi connectivity index (χ1v) is 13.2. The Morgan fingerprint density at radius 2 is 1.54 bits per heavy atom. The van der Waals surface area contributed by atoms with E-state index in [1.54, 1.807) is 35.2 Å². The van der Waals surface area contributed by atoms with Gasteiger partial charge in [-0.15, -0.1) is 0 Å². The van der Waals surface area contributed by atoms with E-state index in [-0.39, 0.29) is 31.0 Å². The lowest BCUT2D eigenvalue weighted by Crippen LogP contribution is -2.52. The molecule has 3 aromatic carbocycles. The highest BCUT2D eigenvalue weighted by Gasteiger charge is 2.31. The molecule has 0 aliphatic carbocycles. The Hall–Kier alpha value is -2.73. The Labute approximate surface area is 233 Å². The first-order valence-electron chi connectivity index (χ1n) is 12.0. The second kappa shape index (κ2) is 13.2. The van der Waals surface area contributed by atoms with Crippen molar-refractivity contribution in [3.8, 4) is 5.75 Å². The molecule has 0 bridgehead atoms. The number of nitrogens with zero attached hydrogens (tertiary/aromatic N) is 1. The summed E-state index contributed by atoms with van der Waals surface area (Å²) in [6.07, 6.45) is 0.339. The number of amides is 2. The summed E-state index contributed by atoms with van der Waals surface area (Å²) < 4.78 is 5.88. The molecule has 0 aromatic heterocycles. The Morgan fingerprint density at radius 1 is 0.892 bits per heavy atom. The number of rotatable bonds is 10. The molecule has 0 heterocycles. The molecule has 0 unspecified atom stereocenters. The summed E-state index contributed by atoms with van der Waals surface area (Å²) in [6.45, 7) is 7.44. The van der Waals surface area contributed by atoms with E-state index >= 15 is 0 Å². The minimum Gasteiger partial charge on any atom is -0.484 e. The summed E-state index contributed by atoms with van der Waals surface area (Å²) in [6, 6.07) is 17.5. The van der Waals surface area contributed by atoms with Gasteiger partial charge >= 0.3 is 0 Å². The molecule has 0 saturated heterocycles. The third kappa shape index (κ3) is 8.13. The molecule has 0 aliphatic heterocycles. The van der Waals surface area contributed by atoms with Crippen molar-refractivity contribution in [2.45, 2.75) is 52.7 Å². The number of ether oxygens (including phenoxy) is 1. The van der Waals surface area contributed by atoms with E-state index in [0.717, 1.165) is 22.3 Å². The van der Waals surface area contributed by atoms with E-state index in [0.29, 0.717) is 27.2 Å². The lowest BCUT2D eigenvalue weighted by Gasteiger charge is -2.32. The van der Waals surface area contributed by atoms with Crippen LogP contribution in [0.4, 0.5) is 0 Å². The van der Waals surface area contributed by atoms with Crippen LogP contribution in [-0.2, 0) is 22.6 Å². The summed E-state index contributed by atoms with van der Waals surface area (Å²) in [4.78, 5) is 28.6. The maximum atomic E-state index is 13.7. The lowest BCUT2D eigenvalue weighted by atomic mass is 10.0. The van der Waals surface area contributed by atoms with Gasteiger partial charge in [0.15, 0.2) is 6.61 Å². The van der Waals surface area contributed by atoms with Crippen LogP contribution in [0.1, 0.15) is 36.1 Å². The molecule has 0 radical (unpaired) electrons. The summed E-state index contributed by atoms with van der Waals surface area (Å²) in [5.74, 6) is -0.0462. The molecule has 3 rings (SSSR count). The highest BCUT2D eigenvalue weighted by atomic mass is 35.5. The maximum Gasteiger partial charge on any atom is 0.261 e. The van der Waals surface area contributed by atoms with Gasteiger partial charge in [-0.3, -0.25) is 9.59 Å². The van der Waals surface area contributed by atoms with Crippen molar-refractivity contribution in [1.82, 2.24) is 10.2 Å². The van der Waals surface area contributed by atoms with E-state index < -0.39 is 6.04 Å². The van der Waals surface area contributed by atoms with Crippen LogP contribution in [-0.4, -0.2) is 35.4 Å². The van der Waals surface area contributed by atoms with Crippen LogP contribution in [0.3, 0.4) is 0 Å². The predicted molar refractivity (Wildman–Crippen MR) is 151 cm³/mol. The van der Waals surface area contributed by atoms with Crippen LogP contribution in [0, 0.1) is 13.8 Å². The SMILES string of the molecule is Cc1cc(OCC(=O)N(Cc2ccc(Cl)c(Cl)c2)[C@H](Cc2ccccc2)C(=O)NC(C)C)cc(C)c1Cl. The second-order valence-corrected chi connectivity index (χ2v) is 10.5. The zero-order valence-electron chi connectivity index (χ0n) is 21.4. The molecule has 1 N–H and O–H groups in total. The summed E-state index contributed by atoms with van der Waals surface area (Å²) >= 11 is 18.6. The fraction of sp³-hybridized carbons (Fsp3) is 0.310. The molecule has 196 valence electrons. The quantitative estimate of drug-likeness (QED) is 0.296. The molecule has 1 atom stereocenters. The molecule has 37 heavy (non-hydrogen) atoms. The van der Waals surface area contributed by atoms with Crippen molar-refractivity contribution >= 4 is 46.6 Å². The number of nitrogens with one attached hydrogen (secondary N) is 1. The molecule has 3 aromatic rings. The van der Waals surface area contributed by atoms with E-state index in [1.807, 2.05) is 58.0 Å². The largest absolute Gasteiger partial charge is 0.484 e. The van der Waals surface area contributed by atoms with Gasteiger partial charge in [-0.25, -0.2) is 0 Å². The number of benzene rings is 3. The minimum absolute atomic E-state index is 0.0935. The zero-order valence-corrected chi connectivity index (χ0v) is 23.6. The topological polar surface area (TPSA) is 58.6 Å². The Balaban J connectivity index is 1.94. The standard InChI is InChI=1S/C29H31Cl3N2O3/c1-18(2)33-29(36)26(15-21-8-6-5-7-9-21)34(16-22-10-11-24(30)25(31)14-22)27(35)17-37-23-12-19(3)28(32)20(4)13-23/h5-14,18,26H,15-17H2,1-4H3,(H,33,36)/t26-/m1/s1.